The van der Waals surface area contributed by atoms with Gasteiger partial charge in [0.1, 0.15) is 5.60 Å². The van der Waals surface area contributed by atoms with Crippen LogP contribution in [0.1, 0.15) is 59.1 Å². The Kier molecular flexibility index (Phi) is 5.24. The fraction of sp³-hybridized carbons (Fsp3) is 0.636. The van der Waals surface area contributed by atoms with Gasteiger partial charge in [0.15, 0.2) is 0 Å². The predicted molar refractivity (Wildman–Crippen MR) is 105 cm³/mol. The smallest absolute Gasteiger partial charge is 0.410 e. The molecule has 0 N–H and O–H groups in total. The third-order valence-corrected chi connectivity index (χ3v) is 5.51. The summed E-state index contributed by atoms with van der Waals surface area (Å²) >= 11 is 0. The average molecular weight is 373 g/mol. The van der Waals surface area contributed by atoms with Crippen molar-refractivity contribution in [2.45, 2.75) is 59.1 Å². The van der Waals surface area contributed by atoms with Crippen LogP contribution in [0.15, 0.2) is 30.3 Å². The summed E-state index contributed by atoms with van der Waals surface area (Å²) in [6.07, 6.45) is 1.11. The van der Waals surface area contributed by atoms with Crippen LogP contribution in [0.25, 0.3) is 0 Å². The molecule has 0 aliphatic carbocycles. The number of β-lactam (4-membered cyclic amide) rings is 1. The Morgan fingerprint density at radius 3 is 2.30 bits per heavy atom. The maximum absolute atomic E-state index is 13.2. The van der Waals surface area contributed by atoms with Gasteiger partial charge in [-0.25, -0.2) is 4.79 Å². The van der Waals surface area contributed by atoms with E-state index in [1.807, 2.05) is 43.9 Å². The molecule has 3 rings (SSSR count). The van der Waals surface area contributed by atoms with Crippen LogP contribution in [0.4, 0.5) is 4.79 Å². The van der Waals surface area contributed by atoms with E-state index in [0.29, 0.717) is 31.8 Å². The van der Waals surface area contributed by atoms with Crippen LogP contribution in [0.2, 0.25) is 0 Å². The minimum Gasteiger partial charge on any atom is -0.444 e. The van der Waals surface area contributed by atoms with Crippen LogP contribution < -0.4 is 0 Å². The highest BCUT2D eigenvalue weighted by atomic mass is 16.6. The zero-order valence-corrected chi connectivity index (χ0v) is 17.2. The van der Waals surface area contributed by atoms with Gasteiger partial charge in [-0.3, -0.25) is 4.79 Å². The number of hydrogen-bond donors (Lipinski definition) is 0. The topological polar surface area (TPSA) is 49.9 Å². The predicted octanol–water partition coefficient (Wildman–Crippen LogP) is 4.24. The summed E-state index contributed by atoms with van der Waals surface area (Å²) in [4.78, 5) is 29.3. The highest BCUT2D eigenvalue weighted by Crippen LogP contribution is 2.56. The number of likely N-dealkylation sites (tertiary alicyclic amines) is 2. The van der Waals surface area contributed by atoms with E-state index in [4.69, 9.17) is 4.74 Å². The van der Waals surface area contributed by atoms with E-state index in [2.05, 4.69) is 26.0 Å². The number of carbonyl (C=O) groups is 2. The minimum atomic E-state index is -0.501. The molecule has 0 saturated carbocycles. The molecule has 5 nitrogen and oxygen atoms in total. The van der Waals surface area contributed by atoms with Gasteiger partial charge in [-0.1, -0.05) is 44.2 Å². The molecule has 27 heavy (non-hydrogen) atoms. The summed E-state index contributed by atoms with van der Waals surface area (Å²) in [6, 6.07) is 10.4. The lowest BCUT2D eigenvalue weighted by atomic mass is 9.62. The second-order valence-corrected chi connectivity index (χ2v) is 9.29. The lowest BCUT2D eigenvalue weighted by Crippen LogP contribution is -2.67. The van der Waals surface area contributed by atoms with Crippen molar-refractivity contribution in [3.05, 3.63) is 35.9 Å². The van der Waals surface area contributed by atoms with Crippen molar-refractivity contribution >= 4 is 12.0 Å². The second kappa shape index (κ2) is 7.17. The molecule has 2 saturated heterocycles. The molecule has 1 aromatic rings. The number of carbonyl (C=O) groups excluding carboxylic acids is 2. The Bertz CT molecular complexity index is 685. The molecule has 2 aliphatic heterocycles. The number of benzene rings is 1. The summed E-state index contributed by atoms with van der Waals surface area (Å²) in [5, 5.41) is 0. The average Bonchev–Trinajstić information content (AvgIpc) is 2.60. The molecule has 0 radical (unpaired) electrons. The van der Waals surface area contributed by atoms with Gasteiger partial charge in [-0.05, 0) is 45.1 Å². The zero-order valence-electron chi connectivity index (χ0n) is 17.2. The molecule has 1 atom stereocenters. The summed E-state index contributed by atoms with van der Waals surface area (Å²) in [7, 11) is 0. The van der Waals surface area contributed by atoms with Crippen LogP contribution in [-0.2, 0) is 9.53 Å². The van der Waals surface area contributed by atoms with E-state index in [0.717, 1.165) is 6.54 Å². The van der Waals surface area contributed by atoms with Crippen LogP contribution in [0.3, 0.4) is 0 Å². The maximum atomic E-state index is 13.2. The van der Waals surface area contributed by atoms with Gasteiger partial charge in [0, 0.05) is 19.6 Å². The van der Waals surface area contributed by atoms with Gasteiger partial charge in [0.25, 0.3) is 0 Å². The van der Waals surface area contributed by atoms with Crippen molar-refractivity contribution in [2.24, 2.45) is 11.3 Å². The lowest BCUT2D eigenvalue weighted by molar-refractivity contribution is -0.181. The molecule has 2 heterocycles. The van der Waals surface area contributed by atoms with Crippen molar-refractivity contribution in [1.29, 1.82) is 0 Å². The molecular formula is C22H32N2O3. The molecule has 1 spiro atoms. The molecule has 2 amide bonds. The van der Waals surface area contributed by atoms with Gasteiger partial charge in [0.2, 0.25) is 5.91 Å². The fourth-order valence-electron chi connectivity index (χ4n) is 4.37. The normalized spacial score (nSPS) is 22.1. The van der Waals surface area contributed by atoms with Crippen molar-refractivity contribution < 1.29 is 14.3 Å². The molecule has 2 fully saturated rings. The number of hydrogen-bond acceptors (Lipinski definition) is 3. The second-order valence-electron chi connectivity index (χ2n) is 9.29. The summed E-state index contributed by atoms with van der Waals surface area (Å²) in [6.45, 7) is 11.8. The number of ether oxygens (including phenoxy) is 1. The molecule has 0 aromatic heterocycles. The first kappa shape index (κ1) is 19.7. The van der Waals surface area contributed by atoms with E-state index >= 15 is 0 Å². The first-order valence-corrected chi connectivity index (χ1v) is 9.98. The van der Waals surface area contributed by atoms with Crippen molar-refractivity contribution in [2.75, 3.05) is 19.6 Å². The van der Waals surface area contributed by atoms with Crippen molar-refractivity contribution in [3.8, 4) is 0 Å². The largest absolute Gasteiger partial charge is 0.444 e. The van der Waals surface area contributed by atoms with Gasteiger partial charge >= 0.3 is 6.09 Å². The zero-order chi connectivity index (χ0) is 19.8. The van der Waals surface area contributed by atoms with Gasteiger partial charge in [-0.15, -0.1) is 0 Å². The van der Waals surface area contributed by atoms with Gasteiger partial charge in [-0.2, -0.15) is 0 Å². The number of amides is 2. The minimum absolute atomic E-state index is 0.106. The van der Waals surface area contributed by atoms with Gasteiger partial charge < -0.3 is 14.5 Å². The SMILES string of the molecule is CC(C)CN1C(=O)C2(CCN(C(=O)OC(C)(C)C)CC2)C1c1ccccc1. The van der Waals surface area contributed by atoms with E-state index in [1.165, 1.54) is 5.56 Å². The van der Waals surface area contributed by atoms with E-state index < -0.39 is 5.60 Å². The third kappa shape index (κ3) is 3.83. The monoisotopic (exact) mass is 372 g/mol. The standard InChI is InChI=1S/C22H32N2O3/c1-16(2)15-24-18(17-9-7-6-8-10-17)22(19(24)25)11-13-23(14-12-22)20(26)27-21(3,4)5/h6-10,16,18H,11-15H2,1-5H3. The first-order chi connectivity index (χ1) is 12.6. The van der Waals surface area contributed by atoms with E-state index in [9.17, 15) is 9.59 Å². The Morgan fingerprint density at radius 1 is 1.19 bits per heavy atom. The van der Waals surface area contributed by atoms with Crippen molar-refractivity contribution in [3.63, 3.8) is 0 Å². The molecule has 148 valence electrons. The van der Waals surface area contributed by atoms with Crippen LogP contribution in [0, 0.1) is 11.3 Å². The molecule has 0 bridgehead atoms. The Balaban J connectivity index is 1.77. The van der Waals surface area contributed by atoms with Crippen LogP contribution >= 0.6 is 0 Å². The fourth-order valence-corrected chi connectivity index (χ4v) is 4.37. The quantitative estimate of drug-likeness (QED) is 0.746. The first-order valence-electron chi connectivity index (χ1n) is 9.98. The van der Waals surface area contributed by atoms with Crippen molar-refractivity contribution in [1.82, 2.24) is 9.80 Å². The molecular weight excluding hydrogens is 340 g/mol. The third-order valence-electron chi connectivity index (χ3n) is 5.51. The number of nitrogens with zero attached hydrogens (tertiary/aromatic N) is 2. The van der Waals surface area contributed by atoms with E-state index in [1.54, 1.807) is 4.90 Å². The highest BCUT2D eigenvalue weighted by Gasteiger charge is 2.61. The van der Waals surface area contributed by atoms with E-state index in [-0.39, 0.29) is 23.5 Å². The molecule has 1 unspecified atom stereocenters. The maximum Gasteiger partial charge on any atom is 0.410 e. The lowest BCUT2D eigenvalue weighted by Gasteiger charge is -2.59. The summed E-state index contributed by atoms with van der Waals surface area (Å²) in [5.74, 6) is 0.674. The summed E-state index contributed by atoms with van der Waals surface area (Å²) in [5.41, 5.74) is 0.317. The Morgan fingerprint density at radius 2 is 1.78 bits per heavy atom. The number of rotatable bonds is 3. The molecule has 1 aromatic carbocycles. The Labute approximate surface area is 162 Å². The summed E-state index contributed by atoms with van der Waals surface area (Å²) < 4.78 is 5.50. The van der Waals surface area contributed by atoms with Crippen LogP contribution in [-0.4, -0.2) is 47.0 Å². The Hall–Kier alpha value is -2.04. The molecule has 5 heteroatoms. The van der Waals surface area contributed by atoms with Gasteiger partial charge in [0.05, 0.1) is 11.5 Å². The molecule has 2 aliphatic rings. The highest BCUT2D eigenvalue weighted by molar-refractivity contribution is 5.91. The number of piperidine rings is 1. The van der Waals surface area contributed by atoms with Crippen LogP contribution in [0.5, 0.6) is 0 Å².